The van der Waals surface area contributed by atoms with Gasteiger partial charge in [-0.2, -0.15) is 5.10 Å². The molecule has 1 aliphatic heterocycles. The van der Waals surface area contributed by atoms with Gasteiger partial charge in [-0.25, -0.2) is 14.5 Å². The molecule has 0 radical (unpaired) electrons. The minimum absolute atomic E-state index is 0.140. The maximum Gasteiger partial charge on any atom is 0.340 e. The van der Waals surface area contributed by atoms with Gasteiger partial charge in [-0.3, -0.25) is 4.79 Å². The fourth-order valence-electron chi connectivity index (χ4n) is 3.60. The summed E-state index contributed by atoms with van der Waals surface area (Å²) in [4.78, 5) is 30.7. The van der Waals surface area contributed by atoms with Gasteiger partial charge in [0.25, 0.3) is 5.91 Å². The minimum atomic E-state index is -0.539. The second-order valence-corrected chi connectivity index (χ2v) is 7.64. The molecule has 1 aliphatic rings. The number of ether oxygens (including phenoxy) is 1. The van der Waals surface area contributed by atoms with Gasteiger partial charge in [0.2, 0.25) is 0 Å². The van der Waals surface area contributed by atoms with Crippen molar-refractivity contribution < 1.29 is 14.3 Å². The number of likely N-dealkylation sites (tertiary alicyclic amines) is 1. The molecule has 0 bridgehead atoms. The lowest BCUT2D eigenvalue weighted by Gasteiger charge is -2.34. The molecule has 3 rings (SSSR count). The number of rotatable bonds is 4. The summed E-state index contributed by atoms with van der Waals surface area (Å²) in [5, 5.41) is 5.06. The first-order valence-electron chi connectivity index (χ1n) is 9.13. The molecule has 0 aliphatic carbocycles. The number of pyridine rings is 1. The van der Waals surface area contributed by atoms with Gasteiger partial charge in [0, 0.05) is 30.7 Å². The molecule has 3 heterocycles. The number of aromatic nitrogens is 3. The Kier molecular flexibility index (Phi) is 5.25. The van der Waals surface area contributed by atoms with Gasteiger partial charge in [-0.05, 0) is 38.2 Å². The molecular weight excluding hydrogens is 332 g/mol. The van der Waals surface area contributed by atoms with Crippen LogP contribution in [0.2, 0.25) is 0 Å². The summed E-state index contributed by atoms with van der Waals surface area (Å²) < 4.78 is 7.02. The van der Waals surface area contributed by atoms with Crippen LogP contribution in [0.4, 0.5) is 0 Å². The van der Waals surface area contributed by atoms with Crippen LogP contribution in [0.5, 0.6) is 0 Å². The molecule has 2 atom stereocenters. The van der Waals surface area contributed by atoms with Crippen molar-refractivity contribution in [3.63, 3.8) is 0 Å². The quantitative estimate of drug-likeness (QED) is 0.785. The first kappa shape index (κ1) is 18.4. The summed E-state index contributed by atoms with van der Waals surface area (Å²) in [5.41, 5.74) is 1.05. The summed E-state index contributed by atoms with van der Waals surface area (Å²) in [7, 11) is 0. The van der Waals surface area contributed by atoms with E-state index in [1.54, 1.807) is 21.8 Å². The van der Waals surface area contributed by atoms with Crippen LogP contribution in [-0.2, 0) is 9.53 Å². The molecule has 7 heteroatoms. The molecule has 2 aromatic rings. The van der Waals surface area contributed by atoms with E-state index >= 15 is 0 Å². The highest BCUT2D eigenvalue weighted by Crippen LogP contribution is 2.21. The summed E-state index contributed by atoms with van der Waals surface area (Å²) in [6.07, 6.45) is 4.28. The molecule has 0 N–H and O–H groups in total. The van der Waals surface area contributed by atoms with Crippen molar-refractivity contribution in [3.8, 4) is 0 Å². The third-order valence-corrected chi connectivity index (χ3v) is 4.71. The van der Waals surface area contributed by atoms with E-state index in [9.17, 15) is 9.59 Å². The van der Waals surface area contributed by atoms with Crippen molar-refractivity contribution in [2.24, 2.45) is 11.8 Å². The molecular formula is C19H26N4O3. The number of carbonyl (C=O) groups excluding carboxylic acids is 2. The molecule has 0 saturated carbocycles. The van der Waals surface area contributed by atoms with Crippen molar-refractivity contribution >= 4 is 22.9 Å². The summed E-state index contributed by atoms with van der Waals surface area (Å²) >= 11 is 0. The predicted molar refractivity (Wildman–Crippen MR) is 97.7 cm³/mol. The van der Waals surface area contributed by atoms with Crippen LogP contribution in [0.25, 0.3) is 11.0 Å². The Hall–Kier alpha value is -2.44. The smallest absolute Gasteiger partial charge is 0.340 e. The third kappa shape index (κ3) is 3.86. The van der Waals surface area contributed by atoms with Gasteiger partial charge in [0.15, 0.2) is 12.3 Å². The molecule has 0 spiro atoms. The second-order valence-electron chi connectivity index (χ2n) is 7.64. The van der Waals surface area contributed by atoms with Crippen LogP contribution in [0.15, 0.2) is 18.5 Å². The Morgan fingerprint density at radius 2 is 1.92 bits per heavy atom. The molecule has 1 amide bonds. The SMILES string of the molecule is CC1CC(C)CN(C(=O)COC(=O)c2cnc3c(cnn3C(C)C)c2)C1. The standard InChI is InChI=1S/C19H26N4O3/c1-12(2)23-18-15(8-21-23)6-16(7-20-18)19(25)26-11-17(24)22-9-13(3)5-14(4)10-22/h6-8,12-14H,5,9-11H2,1-4H3. The van der Waals surface area contributed by atoms with Gasteiger partial charge in [0.05, 0.1) is 11.8 Å². The van der Waals surface area contributed by atoms with E-state index in [1.807, 2.05) is 13.8 Å². The number of hydrogen-bond acceptors (Lipinski definition) is 5. The second kappa shape index (κ2) is 7.43. The van der Waals surface area contributed by atoms with Gasteiger partial charge < -0.3 is 9.64 Å². The lowest BCUT2D eigenvalue weighted by atomic mass is 9.92. The van der Waals surface area contributed by atoms with Crippen molar-refractivity contribution in [1.82, 2.24) is 19.7 Å². The Morgan fingerprint density at radius 3 is 2.58 bits per heavy atom. The Labute approximate surface area is 153 Å². The normalized spacial score (nSPS) is 20.6. The summed E-state index contributed by atoms with van der Waals surface area (Å²) in [6, 6.07) is 1.89. The van der Waals surface area contributed by atoms with Crippen LogP contribution >= 0.6 is 0 Å². The average Bonchev–Trinajstić information content (AvgIpc) is 3.01. The van der Waals surface area contributed by atoms with Crippen molar-refractivity contribution in [3.05, 3.63) is 24.0 Å². The predicted octanol–water partition coefficient (Wildman–Crippen LogP) is 2.67. The molecule has 2 unspecified atom stereocenters. The zero-order valence-electron chi connectivity index (χ0n) is 15.8. The zero-order valence-corrected chi connectivity index (χ0v) is 15.8. The summed E-state index contributed by atoms with van der Waals surface area (Å²) in [6.45, 7) is 9.53. The van der Waals surface area contributed by atoms with E-state index in [-0.39, 0.29) is 18.6 Å². The lowest BCUT2D eigenvalue weighted by Crippen LogP contribution is -2.44. The van der Waals surface area contributed by atoms with Gasteiger partial charge >= 0.3 is 5.97 Å². The van der Waals surface area contributed by atoms with Crippen LogP contribution in [0.1, 0.15) is 50.5 Å². The van der Waals surface area contributed by atoms with Crippen LogP contribution in [0.3, 0.4) is 0 Å². The Bertz CT molecular complexity index is 804. The van der Waals surface area contributed by atoms with Crippen molar-refractivity contribution in [2.75, 3.05) is 19.7 Å². The van der Waals surface area contributed by atoms with E-state index < -0.39 is 5.97 Å². The van der Waals surface area contributed by atoms with Crippen LogP contribution in [-0.4, -0.2) is 51.2 Å². The first-order valence-corrected chi connectivity index (χ1v) is 9.13. The fraction of sp³-hybridized carbons (Fsp3) is 0.579. The molecule has 0 aromatic carbocycles. The van der Waals surface area contributed by atoms with E-state index in [2.05, 4.69) is 23.9 Å². The number of hydrogen-bond donors (Lipinski definition) is 0. The molecule has 26 heavy (non-hydrogen) atoms. The van der Waals surface area contributed by atoms with Gasteiger partial charge in [-0.1, -0.05) is 13.8 Å². The third-order valence-electron chi connectivity index (χ3n) is 4.71. The number of carbonyl (C=O) groups is 2. The highest BCUT2D eigenvalue weighted by Gasteiger charge is 2.26. The monoisotopic (exact) mass is 358 g/mol. The van der Waals surface area contributed by atoms with E-state index in [0.717, 1.165) is 30.5 Å². The zero-order chi connectivity index (χ0) is 18.8. The Morgan fingerprint density at radius 1 is 1.23 bits per heavy atom. The maximum atomic E-state index is 12.3. The van der Waals surface area contributed by atoms with E-state index in [4.69, 9.17) is 4.74 Å². The van der Waals surface area contributed by atoms with Crippen molar-refractivity contribution in [2.45, 2.75) is 40.2 Å². The topological polar surface area (TPSA) is 77.3 Å². The lowest BCUT2D eigenvalue weighted by molar-refractivity contribution is -0.137. The molecule has 7 nitrogen and oxygen atoms in total. The first-order chi connectivity index (χ1) is 12.3. The van der Waals surface area contributed by atoms with Crippen LogP contribution < -0.4 is 0 Å². The average molecular weight is 358 g/mol. The molecule has 140 valence electrons. The number of nitrogens with zero attached hydrogens (tertiary/aromatic N) is 4. The Balaban J connectivity index is 1.63. The molecule has 1 fully saturated rings. The van der Waals surface area contributed by atoms with Gasteiger partial charge in [0.1, 0.15) is 0 Å². The van der Waals surface area contributed by atoms with E-state index in [1.165, 1.54) is 6.20 Å². The van der Waals surface area contributed by atoms with Crippen LogP contribution in [0, 0.1) is 11.8 Å². The minimum Gasteiger partial charge on any atom is -0.452 e. The van der Waals surface area contributed by atoms with Gasteiger partial charge in [-0.15, -0.1) is 0 Å². The maximum absolute atomic E-state index is 12.3. The largest absolute Gasteiger partial charge is 0.452 e. The summed E-state index contributed by atoms with van der Waals surface area (Å²) in [5.74, 6) is 0.270. The number of esters is 1. The number of fused-ring (bicyclic) bond motifs is 1. The number of piperidine rings is 1. The fourth-order valence-corrected chi connectivity index (χ4v) is 3.60. The highest BCUT2D eigenvalue weighted by molar-refractivity contribution is 5.94. The molecule has 1 saturated heterocycles. The molecule has 2 aromatic heterocycles. The highest BCUT2D eigenvalue weighted by atomic mass is 16.5. The number of amides is 1. The van der Waals surface area contributed by atoms with Crippen molar-refractivity contribution in [1.29, 1.82) is 0 Å². The van der Waals surface area contributed by atoms with E-state index in [0.29, 0.717) is 17.4 Å².